The van der Waals surface area contributed by atoms with Crippen LogP contribution < -0.4 is 5.32 Å². The topological polar surface area (TPSA) is 21.3 Å². The van der Waals surface area contributed by atoms with Crippen molar-refractivity contribution in [3.05, 3.63) is 11.6 Å². The Balaban J connectivity index is 1.64. The van der Waals surface area contributed by atoms with Gasteiger partial charge in [-0.3, -0.25) is 5.32 Å². The number of fused-ring (bicyclic) bond motifs is 1. The van der Waals surface area contributed by atoms with E-state index in [-0.39, 0.29) is 6.23 Å². The van der Waals surface area contributed by atoms with Gasteiger partial charge in [-0.2, -0.15) is 0 Å². The Morgan fingerprint density at radius 3 is 2.88 bits per heavy atom. The van der Waals surface area contributed by atoms with Gasteiger partial charge in [0.25, 0.3) is 0 Å². The Bertz CT molecular complexity index is 278. The largest absolute Gasteiger partial charge is 0.355 e. The van der Waals surface area contributed by atoms with Crippen molar-refractivity contribution in [1.82, 2.24) is 5.32 Å². The molecule has 0 aromatic carbocycles. The average Bonchev–Trinajstić information content (AvgIpc) is 2.73. The monoisotopic (exact) mass is 219 g/mol. The molecule has 0 amide bonds. The molecule has 2 fully saturated rings. The fourth-order valence-corrected chi connectivity index (χ4v) is 3.28. The standard InChI is InChI=1S/C13H22BNO/c14-10-7-5-9(6-8-10)13-15-11-3-1-2-4-12(11)16-13/h5,10-13,15H,1-4,6-8,14H2. The van der Waals surface area contributed by atoms with E-state index < -0.39 is 0 Å². The zero-order valence-electron chi connectivity index (χ0n) is 10.2. The third-order valence-corrected chi connectivity index (χ3v) is 4.42. The Labute approximate surface area is 99.2 Å². The molecule has 1 aliphatic heterocycles. The molecule has 0 aromatic rings. The lowest BCUT2D eigenvalue weighted by Gasteiger charge is -2.22. The molecule has 3 rings (SSSR count). The molecule has 0 radical (unpaired) electrons. The van der Waals surface area contributed by atoms with Crippen LogP contribution in [0.5, 0.6) is 0 Å². The SMILES string of the molecule is BC1CC=C(C2NC3CCCCC3O2)CC1. The highest BCUT2D eigenvalue weighted by atomic mass is 16.5. The van der Waals surface area contributed by atoms with Crippen LogP contribution in [-0.2, 0) is 4.74 Å². The molecule has 3 aliphatic rings. The molecule has 1 heterocycles. The summed E-state index contributed by atoms with van der Waals surface area (Å²) in [5.41, 5.74) is 1.52. The van der Waals surface area contributed by atoms with E-state index >= 15 is 0 Å². The van der Waals surface area contributed by atoms with Crippen molar-refractivity contribution < 1.29 is 4.74 Å². The summed E-state index contributed by atoms with van der Waals surface area (Å²) in [5, 5.41) is 3.69. The maximum atomic E-state index is 6.16. The second-order valence-electron chi connectivity index (χ2n) is 5.77. The number of hydrogen-bond acceptors (Lipinski definition) is 2. The van der Waals surface area contributed by atoms with Crippen molar-refractivity contribution in [2.24, 2.45) is 0 Å². The molecule has 88 valence electrons. The summed E-state index contributed by atoms with van der Waals surface area (Å²) in [6, 6.07) is 0.638. The molecule has 4 unspecified atom stereocenters. The molecule has 2 aliphatic carbocycles. The highest BCUT2D eigenvalue weighted by Gasteiger charge is 2.37. The van der Waals surface area contributed by atoms with Crippen molar-refractivity contribution in [3.63, 3.8) is 0 Å². The molecule has 1 saturated carbocycles. The first-order valence-electron chi connectivity index (χ1n) is 6.93. The van der Waals surface area contributed by atoms with E-state index in [2.05, 4.69) is 19.2 Å². The quantitative estimate of drug-likeness (QED) is 0.536. The maximum Gasteiger partial charge on any atom is 0.131 e. The predicted molar refractivity (Wildman–Crippen MR) is 68.3 cm³/mol. The van der Waals surface area contributed by atoms with Gasteiger partial charge in [0, 0.05) is 6.04 Å². The van der Waals surface area contributed by atoms with Crippen LogP contribution in [0.3, 0.4) is 0 Å². The van der Waals surface area contributed by atoms with Gasteiger partial charge < -0.3 is 4.74 Å². The van der Waals surface area contributed by atoms with Gasteiger partial charge in [-0.05, 0) is 31.3 Å². The summed E-state index contributed by atoms with van der Waals surface area (Å²) in [7, 11) is 2.34. The zero-order chi connectivity index (χ0) is 11.0. The van der Waals surface area contributed by atoms with Gasteiger partial charge in [-0.25, -0.2) is 0 Å². The lowest BCUT2D eigenvalue weighted by Crippen LogP contribution is -2.36. The minimum absolute atomic E-state index is 0.251. The van der Waals surface area contributed by atoms with Crippen LogP contribution >= 0.6 is 0 Å². The van der Waals surface area contributed by atoms with Crippen LogP contribution in [0.2, 0.25) is 5.82 Å². The number of allylic oxidation sites excluding steroid dienone is 1. The number of hydrogen-bond donors (Lipinski definition) is 1. The van der Waals surface area contributed by atoms with Crippen LogP contribution in [0.15, 0.2) is 11.6 Å². The Morgan fingerprint density at radius 2 is 2.12 bits per heavy atom. The lowest BCUT2D eigenvalue weighted by molar-refractivity contribution is 0.0410. The molecule has 16 heavy (non-hydrogen) atoms. The third kappa shape index (κ3) is 2.08. The van der Waals surface area contributed by atoms with Gasteiger partial charge in [0.2, 0.25) is 0 Å². The Hall–Kier alpha value is -0.275. The fraction of sp³-hybridized carbons (Fsp3) is 0.846. The highest BCUT2D eigenvalue weighted by Crippen LogP contribution is 2.33. The van der Waals surface area contributed by atoms with Crippen LogP contribution in [-0.4, -0.2) is 26.2 Å². The van der Waals surface area contributed by atoms with E-state index in [1.165, 1.54) is 50.5 Å². The summed E-state index contributed by atoms with van der Waals surface area (Å²) in [4.78, 5) is 0. The maximum absolute atomic E-state index is 6.16. The minimum Gasteiger partial charge on any atom is -0.355 e. The third-order valence-electron chi connectivity index (χ3n) is 4.42. The zero-order valence-corrected chi connectivity index (χ0v) is 10.2. The van der Waals surface area contributed by atoms with Crippen LogP contribution in [0, 0.1) is 0 Å². The first-order chi connectivity index (χ1) is 7.83. The number of nitrogens with one attached hydrogen (secondary N) is 1. The molecule has 0 spiro atoms. The van der Waals surface area contributed by atoms with Crippen LogP contribution in [0.1, 0.15) is 44.9 Å². The van der Waals surface area contributed by atoms with Crippen molar-refractivity contribution in [2.45, 2.75) is 69.1 Å². The lowest BCUT2D eigenvalue weighted by atomic mass is 9.76. The molecule has 3 heteroatoms. The summed E-state index contributed by atoms with van der Waals surface area (Å²) in [6.45, 7) is 0. The van der Waals surface area contributed by atoms with Gasteiger partial charge in [-0.1, -0.05) is 31.2 Å². The molecule has 1 saturated heterocycles. The summed E-state index contributed by atoms with van der Waals surface area (Å²) in [6.07, 6.45) is 12.3. The molecule has 1 N–H and O–H groups in total. The van der Waals surface area contributed by atoms with Gasteiger partial charge >= 0.3 is 0 Å². The van der Waals surface area contributed by atoms with Crippen molar-refractivity contribution in [1.29, 1.82) is 0 Å². The summed E-state index contributed by atoms with van der Waals surface area (Å²) >= 11 is 0. The van der Waals surface area contributed by atoms with Crippen LogP contribution in [0.4, 0.5) is 0 Å². The molecular weight excluding hydrogens is 197 g/mol. The first-order valence-corrected chi connectivity index (χ1v) is 6.93. The Morgan fingerprint density at radius 1 is 1.25 bits per heavy atom. The van der Waals surface area contributed by atoms with Crippen molar-refractivity contribution in [3.8, 4) is 0 Å². The van der Waals surface area contributed by atoms with Gasteiger partial charge in [0.05, 0.1) is 6.10 Å². The van der Waals surface area contributed by atoms with Gasteiger partial charge in [0.1, 0.15) is 14.1 Å². The van der Waals surface area contributed by atoms with E-state index in [0.29, 0.717) is 12.1 Å². The van der Waals surface area contributed by atoms with E-state index in [1.54, 1.807) is 0 Å². The van der Waals surface area contributed by atoms with Crippen molar-refractivity contribution in [2.75, 3.05) is 0 Å². The number of ether oxygens (including phenoxy) is 1. The van der Waals surface area contributed by atoms with Crippen molar-refractivity contribution >= 4 is 7.85 Å². The first kappa shape index (κ1) is 10.9. The molecule has 4 atom stereocenters. The Kier molecular flexibility index (Phi) is 3.08. The predicted octanol–water partition coefficient (Wildman–Crippen LogP) is 1.78. The van der Waals surface area contributed by atoms with E-state index in [1.807, 2.05) is 0 Å². The fourth-order valence-electron chi connectivity index (χ4n) is 3.28. The number of rotatable bonds is 1. The normalized spacial score (nSPS) is 43.9. The van der Waals surface area contributed by atoms with E-state index in [9.17, 15) is 0 Å². The van der Waals surface area contributed by atoms with Gasteiger partial charge in [-0.15, -0.1) is 0 Å². The second kappa shape index (κ2) is 4.54. The van der Waals surface area contributed by atoms with E-state index in [0.717, 1.165) is 5.82 Å². The van der Waals surface area contributed by atoms with Gasteiger partial charge in [0.15, 0.2) is 0 Å². The molecular formula is C13H22BNO. The van der Waals surface area contributed by atoms with E-state index in [4.69, 9.17) is 4.74 Å². The second-order valence-corrected chi connectivity index (χ2v) is 5.77. The molecule has 2 nitrogen and oxygen atoms in total. The van der Waals surface area contributed by atoms with Crippen LogP contribution in [0.25, 0.3) is 0 Å². The molecule has 0 bridgehead atoms. The highest BCUT2D eigenvalue weighted by molar-refractivity contribution is 6.11. The minimum atomic E-state index is 0.251. The average molecular weight is 219 g/mol. The molecule has 0 aromatic heterocycles. The summed E-state index contributed by atoms with van der Waals surface area (Å²) < 4.78 is 6.16. The summed E-state index contributed by atoms with van der Waals surface area (Å²) in [5.74, 6) is 0.868. The smallest absolute Gasteiger partial charge is 0.131 e.